The number of nitrogens with zero attached hydrogens (tertiary/aromatic N) is 1. The van der Waals surface area contributed by atoms with Gasteiger partial charge in [-0.3, -0.25) is 10.8 Å². The van der Waals surface area contributed by atoms with Crippen LogP contribution in [0.1, 0.15) is 29.8 Å². The Morgan fingerprint density at radius 2 is 2.00 bits per heavy atom. The molecule has 0 bridgehead atoms. The van der Waals surface area contributed by atoms with Gasteiger partial charge in [-0.1, -0.05) is 18.2 Å². The second-order valence-corrected chi connectivity index (χ2v) is 4.28. The molecule has 2 rings (SSSR count). The lowest BCUT2D eigenvalue weighted by Crippen LogP contribution is -2.29. The summed E-state index contributed by atoms with van der Waals surface area (Å²) in [5.41, 5.74) is 5.98. The Morgan fingerprint density at radius 3 is 2.58 bits per heavy atom. The molecule has 1 aromatic heterocycles. The predicted molar refractivity (Wildman–Crippen MR) is 75.8 cm³/mol. The van der Waals surface area contributed by atoms with Crippen molar-refractivity contribution >= 4 is 0 Å². The maximum atomic E-state index is 5.69. The summed E-state index contributed by atoms with van der Waals surface area (Å²) in [6.45, 7) is 4.62. The number of nitrogens with two attached hydrogens (primary N) is 1. The fourth-order valence-corrected chi connectivity index (χ4v) is 2.09. The predicted octanol–water partition coefficient (Wildman–Crippen LogP) is 2.34. The van der Waals surface area contributed by atoms with Gasteiger partial charge >= 0.3 is 0 Å². The summed E-state index contributed by atoms with van der Waals surface area (Å²) in [6, 6.07) is 11.8. The summed E-state index contributed by atoms with van der Waals surface area (Å²) < 4.78 is 5.44. The standard InChI is InChI=1S/C15H19N3O/c1-3-19-13-8-6-12(7-9-13)15(18-16)14-5-4-10-17-11(14)2/h4-10,15,18H,3,16H2,1-2H3. The Bertz CT molecular complexity index is 525. The van der Waals surface area contributed by atoms with Crippen LogP contribution in [-0.2, 0) is 0 Å². The molecule has 4 heteroatoms. The van der Waals surface area contributed by atoms with Gasteiger partial charge in [-0.25, -0.2) is 5.43 Å². The van der Waals surface area contributed by atoms with E-state index in [0.717, 1.165) is 22.6 Å². The van der Waals surface area contributed by atoms with Crippen LogP contribution in [0.5, 0.6) is 5.75 Å². The monoisotopic (exact) mass is 257 g/mol. The van der Waals surface area contributed by atoms with Gasteiger partial charge < -0.3 is 4.74 Å². The average Bonchev–Trinajstić information content (AvgIpc) is 2.44. The largest absolute Gasteiger partial charge is 0.494 e. The van der Waals surface area contributed by atoms with Crippen LogP contribution >= 0.6 is 0 Å². The maximum Gasteiger partial charge on any atom is 0.119 e. The van der Waals surface area contributed by atoms with Crippen LogP contribution in [0.25, 0.3) is 0 Å². The highest BCUT2D eigenvalue weighted by Crippen LogP contribution is 2.24. The Kier molecular flexibility index (Phi) is 4.49. The van der Waals surface area contributed by atoms with E-state index in [1.54, 1.807) is 6.20 Å². The van der Waals surface area contributed by atoms with E-state index in [1.165, 1.54) is 0 Å². The molecule has 0 radical (unpaired) electrons. The summed E-state index contributed by atoms with van der Waals surface area (Å²) in [6.07, 6.45) is 1.78. The van der Waals surface area contributed by atoms with Crippen molar-refractivity contribution in [3.63, 3.8) is 0 Å². The first-order valence-corrected chi connectivity index (χ1v) is 6.36. The van der Waals surface area contributed by atoms with Crippen LogP contribution in [-0.4, -0.2) is 11.6 Å². The minimum Gasteiger partial charge on any atom is -0.494 e. The van der Waals surface area contributed by atoms with Crippen LogP contribution in [0.2, 0.25) is 0 Å². The molecule has 0 spiro atoms. The Balaban J connectivity index is 2.29. The smallest absolute Gasteiger partial charge is 0.119 e. The second kappa shape index (κ2) is 6.31. The first-order chi connectivity index (χ1) is 9.26. The molecule has 0 aliphatic carbocycles. The van der Waals surface area contributed by atoms with Crippen LogP contribution in [0.3, 0.4) is 0 Å². The van der Waals surface area contributed by atoms with E-state index in [1.807, 2.05) is 50.2 Å². The highest BCUT2D eigenvalue weighted by molar-refractivity contribution is 5.36. The summed E-state index contributed by atoms with van der Waals surface area (Å²) in [5.74, 6) is 6.56. The molecular formula is C15H19N3O. The second-order valence-electron chi connectivity index (χ2n) is 4.28. The molecule has 0 aliphatic rings. The molecule has 3 N–H and O–H groups in total. The number of aryl methyl sites for hydroxylation is 1. The van der Waals surface area contributed by atoms with Crippen molar-refractivity contribution in [2.24, 2.45) is 5.84 Å². The number of pyridine rings is 1. The summed E-state index contributed by atoms with van der Waals surface area (Å²) in [5, 5.41) is 0. The van der Waals surface area contributed by atoms with Gasteiger partial charge in [0.25, 0.3) is 0 Å². The van der Waals surface area contributed by atoms with Gasteiger partial charge in [0.05, 0.1) is 12.6 Å². The zero-order chi connectivity index (χ0) is 13.7. The number of ether oxygens (including phenoxy) is 1. The molecule has 0 fully saturated rings. The number of rotatable bonds is 5. The highest BCUT2D eigenvalue weighted by atomic mass is 16.5. The molecule has 19 heavy (non-hydrogen) atoms. The zero-order valence-corrected chi connectivity index (χ0v) is 11.3. The minimum absolute atomic E-state index is 0.0654. The van der Waals surface area contributed by atoms with E-state index in [2.05, 4.69) is 10.4 Å². The number of benzene rings is 1. The van der Waals surface area contributed by atoms with Crippen LogP contribution in [0, 0.1) is 6.92 Å². The van der Waals surface area contributed by atoms with Crippen molar-refractivity contribution < 1.29 is 4.74 Å². The van der Waals surface area contributed by atoms with Gasteiger partial charge in [0, 0.05) is 11.9 Å². The third-order valence-corrected chi connectivity index (χ3v) is 3.05. The third kappa shape index (κ3) is 3.10. The van der Waals surface area contributed by atoms with Crippen LogP contribution in [0.4, 0.5) is 0 Å². The number of hydrogen-bond donors (Lipinski definition) is 2. The summed E-state index contributed by atoms with van der Waals surface area (Å²) in [4.78, 5) is 4.30. The SMILES string of the molecule is CCOc1ccc(C(NN)c2cccnc2C)cc1. The van der Waals surface area contributed by atoms with Gasteiger partial charge in [0.2, 0.25) is 0 Å². The first kappa shape index (κ1) is 13.5. The molecule has 1 aromatic carbocycles. The fourth-order valence-electron chi connectivity index (χ4n) is 2.09. The first-order valence-electron chi connectivity index (χ1n) is 6.36. The molecule has 100 valence electrons. The van der Waals surface area contributed by atoms with Crippen molar-refractivity contribution in [3.8, 4) is 5.75 Å². The van der Waals surface area contributed by atoms with Crippen molar-refractivity contribution in [1.82, 2.24) is 10.4 Å². The Morgan fingerprint density at radius 1 is 1.26 bits per heavy atom. The third-order valence-electron chi connectivity index (χ3n) is 3.05. The topological polar surface area (TPSA) is 60.2 Å². The molecule has 0 amide bonds. The number of nitrogens with one attached hydrogen (secondary N) is 1. The number of hydrogen-bond acceptors (Lipinski definition) is 4. The van der Waals surface area contributed by atoms with Crippen molar-refractivity contribution in [2.75, 3.05) is 6.61 Å². The summed E-state index contributed by atoms with van der Waals surface area (Å²) in [7, 11) is 0. The van der Waals surface area contributed by atoms with Crippen LogP contribution in [0.15, 0.2) is 42.6 Å². The van der Waals surface area contributed by atoms with Gasteiger partial charge in [-0.05, 0) is 43.2 Å². The van der Waals surface area contributed by atoms with E-state index in [0.29, 0.717) is 6.61 Å². The molecule has 0 aliphatic heterocycles. The maximum absolute atomic E-state index is 5.69. The molecule has 1 atom stereocenters. The lowest BCUT2D eigenvalue weighted by molar-refractivity contribution is 0.340. The van der Waals surface area contributed by atoms with Crippen molar-refractivity contribution in [2.45, 2.75) is 19.9 Å². The molecule has 1 unspecified atom stereocenters. The van der Waals surface area contributed by atoms with E-state index in [4.69, 9.17) is 10.6 Å². The van der Waals surface area contributed by atoms with E-state index < -0.39 is 0 Å². The van der Waals surface area contributed by atoms with Gasteiger partial charge in [-0.2, -0.15) is 0 Å². The number of hydrazine groups is 1. The molecule has 2 aromatic rings. The molecular weight excluding hydrogens is 238 g/mol. The average molecular weight is 257 g/mol. The van der Waals surface area contributed by atoms with E-state index >= 15 is 0 Å². The number of aromatic nitrogens is 1. The summed E-state index contributed by atoms with van der Waals surface area (Å²) >= 11 is 0. The van der Waals surface area contributed by atoms with Crippen LogP contribution < -0.4 is 16.0 Å². The molecule has 0 saturated carbocycles. The van der Waals surface area contributed by atoms with E-state index in [-0.39, 0.29) is 6.04 Å². The lowest BCUT2D eigenvalue weighted by atomic mass is 9.98. The van der Waals surface area contributed by atoms with Gasteiger partial charge in [0.1, 0.15) is 5.75 Å². The van der Waals surface area contributed by atoms with Gasteiger partial charge in [-0.15, -0.1) is 0 Å². The lowest BCUT2D eigenvalue weighted by Gasteiger charge is -2.18. The Hall–Kier alpha value is -1.91. The molecule has 0 saturated heterocycles. The van der Waals surface area contributed by atoms with Crippen molar-refractivity contribution in [3.05, 3.63) is 59.4 Å². The normalized spacial score (nSPS) is 12.2. The fraction of sp³-hybridized carbons (Fsp3) is 0.267. The zero-order valence-electron chi connectivity index (χ0n) is 11.3. The quantitative estimate of drug-likeness (QED) is 0.637. The molecule has 1 heterocycles. The Labute approximate surface area is 113 Å². The highest BCUT2D eigenvalue weighted by Gasteiger charge is 2.14. The van der Waals surface area contributed by atoms with Crippen molar-refractivity contribution in [1.29, 1.82) is 0 Å². The van der Waals surface area contributed by atoms with E-state index in [9.17, 15) is 0 Å². The van der Waals surface area contributed by atoms with Gasteiger partial charge in [0.15, 0.2) is 0 Å². The minimum atomic E-state index is -0.0654. The molecule has 4 nitrogen and oxygen atoms in total.